The van der Waals surface area contributed by atoms with Crippen molar-refractivity contribution in [2.45, 2.75) is 16.2 Å². The van der Waals surface area contributed by atoms with Gasteiger partial charge in [0.2, 0.25) is 5.78 Å². The Balaban J connectivity index is 1.86. The first-order valence-corrected chi connectivity index (χ1v) is 9.96. The minimum Gasteiger partial charge on any atom is -0.507 e. The molecule has 28 heavy (non-hydrogen) atoms. The number of fused-ring (bicyclic) bond motifs is 3. The molecule has 0 saturated heterocycles. The third kappa shape index (κ3) is 2.79. The second-order valence-corrected chi connectivity index (χ2v) is 8.53. The molecule has 0 spiro atoms. The van der Waals surface area contributed by atoms with Crippen LogP contribution in [0.25, 0.3) is 28.1 Å². The second kappa shape index (κ2) is 6.54. The highest BCUT2D eigenvalue weighted by molar-refractivity contribution is 8.01. The van der Waals surface area contributed by atoms with Crippen molar-refractivity contribution in [1.29, 1.82) is 0 Å². The van der Waals surface area contributed by atoms with Gasteiger partial charge >= 0.3 is 0 Å². The summed E-state index contributed by atoms with van der Waals surface area (Å²) in [5.41, 5.74) is 2.55. The maximum absolute atomic E-state index is 14.1. The van der Waals surface area contributed by atoms with Gasteiger partial charge in [-0.3, -0.25) is 4.40 Å². The molecule has 0 amide bonds. The van der Waals surface area contributed by atoms with Crippen LogP contribution in [-0.2, 0) is 0 Å². The molecule has 0 aliphatic rings. The highest BCUT2D eigenvalue weighted by Crippen LogP contribution is 2.41. The first-order valence-electron chi connectivity index (χ1n) is 8.33. The molecule has 0 atom stereocenters. The molecule has 138 valence electrons. The number of aryl methyl sites for hydroxylation is 1. The Labute approximate surface area is 166 Å². The Morgan fingerprint density at radius 3 is 2.82 bits per heavy atom. The van der Waals surface area contributed by atoms with Gasteiger partial charge in [-0.25, -0.2) is 14.4 Å². The van der Waals surface area contributed by atoms with Crippen LogP contribution in [0.3, 0.4) is 0 Å². The zero-order valence-corrected chi connectivity index (χ0v) is 16.1. The number of benzene rings is 2. The van der Waals surface area contributed by atoms with E-state index in [4.69, 9.17) is 0 Å². The van der Waals surface area contributed by atoms with E-state index in [1.54, 1.807) is 6.20 Å². The molecule has 0 saturated carbocycles. The topological polar surface area (TPSA) is 76.2 Å². The van der Waals surface area contributed by atoms with Crippen LogP contribution in [0, 0.1) is 12.7 Å². The monoisotopic (exact) mass is 409 g/mol. The molecule has 1 N–H and O–H groups in total. The Morgan fingerprint density at radius 2 is 2.00 bits per heavy atom. The SMILES string of the molecule is Cc1nnc(Sc2cnc3nc4ccccc4n3c2-c2cc(F)ccc2O)s1. The summed E-state index contributed by atoms with van der Waals surface area (Å²) >= 11 is 2.83. The van der Waals surface area contributed by atoms with Gasteiger partial charge in [-0.1, -0.05) is 35.2 Å². The summed E-state index contributed by atoms with van der Waals surface area (Å²) in [6.07, 6.45) is 1.67. The number of phenolic OH excluding ortho intramolecular Hbond substituents is 1. The number of aromatic nitrogens is 5. The summed E-state index contributed by atoms with van der Waals surface area (Å²) in [7, 11) is 0. The van der Waals surface area contributed by atoms with Gasteiger partial charge in [0.05, 0.1) is 21.6 Å². The molecule has 0 radical (unpaired) electrons. The van der Waals surface area contributed by atoms with Crippen molar-refractivity contribution in [3.05, 3.63) is 59.5 Å². The smallest absolute Gasteiger partial charge is 0.235 e. The van der Waals surface area contributed by atoms with Crippen LogP contribution in [0.2, 0.25) is 0 Å². The molecule has 9 heteroatoms. The maximum atomic E-state index is 14.1. The number of imidazole rings is 1. The third-order valence-electron chi connectivity index (χ3n) is 4.22. The van der Waals surface area contributed by atoms with E-state index in [9.17, 15) is 9.50 Å². The summed E-state index contributed by atoms with van der Waals surface area (Å²) in [4.78, 5) is 9.73. The van der Waals surface area contributed by atoms with E-state index < -0.39 is 5.82 Å². The van der Waals surface area contributed by atoms with E-state index in [1.165, 1.54) is 41.3 Å². The van der Waals surface area contributed by atoms with Gasteiger partial charge in [-0.15, -0.1) is 10.2 Å². The van der Waals surface area contributed by atoms with E-state index in [-0.39, 0.29) is 5.75 Å². The van der Waals surface area contributed by atoms with Crippen LogP contribution in [0.1, 0.15) is 5.01 Å². The molecule has 0 aliphatic carbocycles. The van der Waals surface area contributed by atoms with Crippen LogP contribution in [0.5, 0.6) is 5.75 Å². The van der Waals surface area contributed by atoms with E-state index in [2.05, 4.69) is 20.2 Å². The van der Waals surface area contributed by atoms with Crippen molar-refractivity contribution in [2.75, 3.05) is 0 Å². The number of para-hydroxylation sites is 2. The highest BCUT2D eigenvalue weighted by Gasteiger charge is 2.20. The fraction of sp³-hybridized carbons (Fsp3) is 0.0526. The second-order valence-electron chi connectivity index (χ2n) is 6.06. The van der Waals surface area contributed by atoms with Crippen molar-refractivity contribution < 1.29 is 9.50 Å². The van der Waals surface area contributed by atoms with Gasteiger partial charge in [0, 0.05) is 11.8 Å². The molecule has 5 rings (SSSR count). The summed E-state index contributed by atoms with van der Waals surface area (Å²) in [6.45, 7) is 1.88. The van der Waals surface area contributed by atoms with Gasteiger partial charge in [-0.2, -0.15) is 0 Å². The van der Waals surface area contributed by atoms with Crippen molar-refractivity contribution in [3.63, 3.8) is 0 Å². The van der Waals surface area contributed by atoms with Gasteiger partial charge < -0.3 is 5.11 Å². The van der Waals surface area contributed by atoms with Crippen LogP contribution in [-0.4, -0.2) is 29.7 Å². The molecule has 0 unspecified atom stereocenters. The number of hydrogen-bond acceptors (Lipinski definition) is 7. The van der Waals surface area contributed by atoms with Gasteiger partial charge in [-0.05, 0) is 37.3 Å². The normalized spacial score (nSPS) is 11.5. The lowest BCUT2D eigenvalue weighted by Gasteiger charge is -2.13. The lowest BCUT2D eigenvalue weighted by molar-refractivity contribution is 0.475. The largest absolute Gasteiger partial charge is 0.507 e. The molecule has 3 heterocycles. The van der Waals surface area contributed by atoms with Crippen molar-refractivity contribution >= 4 is 39.9 Å². The Kier molecular flexibility index (Phi) is 3.99. The zero-order valence-electron chi connectivity index (χ0n) is 14.5. The van der Waals surface area contributed by atoms with Crippen LogP contribution < -0.4 is 0 Å². The molecular formula is C19H12FN5OS2. The fourth-order valence-corrected chi connectivity index (χ4v) is 4.93. The number of hydrogen-bond donors (Lipinski definition) is 1. The first kappa shape index (κ1) is 17.1. The van der Waals surface area contributed by atoms with Gasteiger partial charge in [0.25, 0.3) is 0 Å². The number of halogens is 1. The van der Waals surface area contributed by atoms with Gasteiger partial charge in [0.1, 0.15) is 16.6 Å². The van der Waals surface area contributed by atoms with Crippen molar-refractivity contribution in [3.8, 4) is 17.0 Å². The standard InChI is InChI=1S/C19H12FN5OS2/c1-10-23-24-19(27-10)28-16-9-21-18-22-13-4-2-3-5-14(13)25(18)17(16)12-8-11(20)6-7-15(12)26/h2-9,26H,1H3. The summed E-state index contributed by atoms with van der Waals surface area (Å²) in [5.74, 6) is 0.00419. The molecule has 6 nitrogen and oxygen atoms in total. The average Bonchev–Trinajstić information content (AvgIpc) is 3.27. The van der Waals surface area contributed by atoms with Crippen LogP contribution in [0.15, 0.2) is 57.9 Å². The quantitative estimate of drug-likeness (QED) is 0.465. The average molecular weight is 409 g/mol. The number of nitrogens with zero attached hydrogens (tertiary/aromatic N) is 5. The molecule has 2 aromatic carbocycles. The van der Waals surface area contributed by atoms with Gasteiger partial charge in [0.15, 0.2) is 4.34 Å². The zero-order chi connectivity index (χ0) is 19.3. The van der Waals surface area contributed by atoms with E-state index >= 15 is 0 Å². The van der Waals surface area contributed by atoms with E-state index in [1.807, 2.05) is 35.6 Å². The molecule has 0 bridgehead atoms. The Hall–Kier alpha value is -3.04. The van der Waals surface area contributed by atoms with Crippen LogP contribution in [0.4, 0.5) is 4.39 Å². The third-order valence-corrected chi connectivity index (χ3v) is 6.12. The first-order chi connectivity index (χ1) is 13.6. The minimum atomic E-state index is -0.440. The van der Waals surface area contributed by atoms with Crippen LogP contribution >= 0.6 is 23.1 Å². The fourth-order valence-electron chi connectivity index (χ4n) is 3.05. The predicted octanol–water partition coefficient (Wildman–Crippen LogP) is 4.71. The Morgan fingerprint density at radius 1 is 1.14 bits per heavy atom. The Bertz CT molecular complexity index is 1350. The summed E-state index contributed by atoms with van der Waals surface area (Å²) in [5, 5.41) is 19.5. The van der Waals surface area contributed by atoms with E-state index in [0.29, 0.717) is 21.9 Å². The van der Waals surface area contributed by atoms with Crippen molar-refractivity contribution in [2.24, 2.45) is 0 Å². The highest BCUT2D eigenvalue weighted by atomic mass is 32.2. The lowest BCUT2D eigenvalue weighted by atomic mass is 10.1. The summed E-state index contributed by atoms with van der Waals surface area (Å²) < 4.78 is 16.6. The summed E-state index contributed by atoms with van der Waals surface area (Å²) in [6, 6.07) is 11.5. The maximum Gasteiger partial charge on any atom is 0.235 e. The van der Waals surface area contributed by atoms with Crippen molar-refractivity contribution in [1.82, 2.24) is 24.6 Å². The minimum absolute atomic E-state index is 0.0259. The molecule has 0 fully saturated rings. The number of aromatic hydroxyl groups is 1. The molecular weight excluding hydrogens is 397 g/mol. The van der Waals surface area contributed by atoms with E-state index in [0.717, 1.165) is 20.4 Å². The molecule has 0 aliphatic heterocycles. The molecule has 5 aromatic rings. The number of rotatable bonds is 3. The number of phenols is 1. The molecule has 3 aromatic heterocycles. The predicted molar refractivity (Wildman–Crippen MR) is 106 cm³/mol. The lowest BCUT2D eigenvalue weighted by Crippen LogP contribution is -1.98.